The van der Waals surface area contributed by atoms with Crippen LogP contribution in [-0.2, 0) is 0 Å². The zero-order chi connectivity index (χ0) is 14.4. The summed E-state index contributed by atoms with van der Waals surface area (Å²) >= 11 is 0. The minimum Gasteiger partial charge on any atom is -0.312 e. The van der Waals surface area contributed by atoms with Gasteiger partial charge in [-0.25, -0.2) is 8.78 Å². The molecule has 0 saturated heterocycles. The van der Waals surface area contributed by atoms with Gasteiger partial charge in [0.1, 0.15) is 0 Å². The molecule has 19 heavy (non-hydrogen) atoms. The summed E-state index contributed by atoms with van der Waals surface area (Å²) in [6.07, 6.45) is 1.10. The quantitative estimate of drug-likeness (QED) is 0.818. The molecule has 0 radical (unpaired) electrons. The van der Waals surface area contributed by atoms with E-state index in [9.17, 15) is 8.78 Å². The molecule has 0 heterocycles. The van der Waals surface area contributed by atoms with Gasteiger partial charge in [0.05, 0.1) is 0 Å². The average Bonchev–Trinajstić information content (AvgIpc) is 2.37. The highest BCUT2D eigenvalue weighted by Crippen LogP contribution is 2.20. The van der Waals surface area contributed by atoms with Crippen molar-refractivity contribution in [3.8, 4) is 0 Å². The number of likely N-dealkylation sites (N-methyl/N-ethyl adjacent to an activating group) is 2. The molecule has 0 amide bonds. The summed E-state index contributed by atoms with van der Waals surface area (Å²) in [6.45, 7) is 5.96. The normalized spacial score (nSPS) is 13.3. The van der Waals surface area contributed by atoms with E-state index in [4.69, 9.17) is 0 Å². The Hall–Kier alpha value is -1.00. The highest BCUT2D eigenvalue weighted by molar-refractivity contribution is 5.22. The number of rotatable bonds is 7. The molecule has 2 nitrogen and oxygen atoms in total. The fraction of sp³-hybridized carbons (Fsp3) is 0.600. The summed E-state index contributed by atoms with van der Waals surface area (Å²) in [5.74, 6) is -0.900. The first kappa shape index (κ1) is 16.1. The molecule has 0 saturated carbocycles. The second-order valence-corrected chi connectivity index (χ2v) is 5.43. The van der Waals surface area contributed by atoms with Crippen LogP contribution >= 0.6 is 0 Å². The molecule has 0 aromatic heterocycles. The van der Waals surface area contributed by atoms with E-state index in [2.05, 4.69) is 24.1 Å². The third kappa shape index (κ3) is 4.88. The molecule has 1 atom stereocenters. The second kappa shape index (κ2) is 7.56. The van der Waals surface area contributed by atoms with Crippen molar-refractivity contribution in [1.29, 1.82) is 0 Å². The minimum absolute atomic E-state index is 0.201. The van der Waals surface area contributed by atoms with Gasteiger partial charge in [-0.05, 0) is 39.0 Å². The molecule has 1 aromatic carbocycles. The van der Waals surface area contributed by atoms with Gasteiger partial charge in [-0.3, -0.25) is 0 Å². The van der Waals surface area contributed by atoms with Gasteiger partial charge in [0.25, 0.3) is 0 Å². The number of benzene rings is 1. The van der Waals surface area contributed by atoms with Gasteiger partial charge in [0.15, 0.2) is 11.6 Å². The summed E-state index contributed by atoms with van der Waals surface area (Å²) < 4.78 is 27.0. The third-order valence-corrected chi connectivity index (χ3v) is 3.29. The summed E-state index contributed by atoms with van der Waals surface area (Å²) in [5.41, 5.74) is 0.388. The molecule has 1 rings (SSSR count). The van der Waals surface area contributed by atoms with Crippen molar-refractivity contribution in [1.82, 2.24) is 10.2 Å². The molecule has 0 aliphatic heterocycles. The number of halogens is 2. The fourth-order valence-corrected chi connectivity index (χ4v) is 2.02. The topological polar surface area (TPSA) is 15.3 Å². The summed E-state index contributed by atoms with van der Waals surface area (Å²) in [6, 6.07) is 4.13. The van der Waals surface area contributed by atoms with Gasteiger partial charge >= 0.3 is 0 Å². The van der Waals surface area contributed by atoms with Gasteiger partial charge in [-0.1, -0.05) is 26.0 Å². The molecule has 108 valence electrons. The Bertz CT molecular complexity index is 394. The highest BCUT2D eigenvalue weighted by Gasteiger charge is 2.18. The van der Waals surface area contributed by atoms with Crippen LogP contribution in [0.3, 0.4) is 0 Å². The number of hydrogen-bond donors (Lipinski definition) is 1. The molecule has 0 fully saturated rings. The van der Waals surface area contributed by atoms with Crippen molar-refractivity contribution in [2.75, 3.05) is 27.2 Å². The van der Waals surface area contributed by atoms with Crippen molar-refractivity contribution in [2.45, 2.75) is 26.3 Å². The molecule has 1 N–H and O–H groups in total. The molecule has 4 heteroatoms. The fourth-order valence-electron chi connectivity index (χ4n) is 2.02. The van der Waals surface area contributed by atoms with Gasteiger partial charge < -0.3 is 10.2 Å². The second-order valence-electron chi connectivity index (χ2n) is 5.43. The first-order chi connectivity index (χ1) is 8.95. The van der Waals surface area contributed by atoms with Crippen LogP contribution in [-0.4, -0.2) is 32.1 Å². The predicted octanol–water partition coefficient (Wildman–Crippen LogP) is 3.20. The Labute approximate surface area is 114 Å². The van der Waals surface area contributed by atoms with E-state index < -0.39 is 11.6 Å². The van der Waals surface area contributed by atoms with Crippen molar-refractivity contribution in [3.63, 3.8) is 0 Å². The van der Waals surface area contributed by atoms with Crippen LogP contribution in [0.2, 0.25) is 0 Å². The molecular weight excluding hydrogens is 246 g/mol. The Morgan fingerprint density at radius 3 is 2.53 bits per heavy atom. The lowest BCUT2D eigenvalue weighted by molar-refractivity contribution is 0.276. The maximum absolute atomic E-state index is 13.8. The predicted molar refractivity (Wildman–Crippen MR) is 75.1 cm³/mol. The maximum Gasteiger partial charge on any atom is 0.163 e. The SMILES string of the molecule is CNC(CN(C)CCC(C)C)c1cccc(F)c1F. The van der Waals surface area contributed by atoms with Crippen molar-refractivity contribution in [3.05, 3.63) is 35.4 Å². The van der Waals surface area contributed by atoms with Gasteiger partial charge in [-0.2, -0.15) is 0 Å². The van der Waals surface area contributed by atoms with Crippen LogP contribution < -0.4 is 5.32 Å². The Balaban J connectivity index is 2.70. The Kier molecular flexibility index (Phi) is 6.38. The third-order valence-electron chi connectivity index (χ3n) is 3.29. The molecule has 0 aliphatic rings. The van der Waals surface area contributed by atoms with Crippen molar-refractivity contribution in [2.24, 2.45) is 5.92 Å². The monoisotopic (exact) mass is 270 g/mol. The van der Waals surface area contributed by atoms with Gasteiger partial charge in [0, 0.05) is 18.2 Å². The smallest absolute Gasteiger partial charge is 0.163 e. The minimum atomic E-state index is -0.789. The van der Waals surface area contributed by atoms with E-state index in [0.717, 1.165) is 19.0 Å². The molecule has 0 spiro atoms. The van der Waals surface area contributed by atoms with Crippen molar-refractivity contribution >= 4 is 0 Å². The van der Waals surface area contributed by atoms with E-state index >= 15 is 0 Å². The molecular formula is C15H24F2N2. The molecule has 1 aromatic rings. The van der Waals surface area contributed by atoms with Crippen LogP contribution in [0, 0.1) is 17.6 Å². The summed E-state index contributed by atoms with van der Waals surface area (Å²) in [7, 11) is 3.77. The zero-order valence-electron chi connectivity index (χ0n) is 12.2. The van der Waals surface area contributed by atoms with Crippen LogP contribution in [0.1, 0.15) is 31.9 Å². The molecule has 0 bridgehead atoms. The first-order valence-corrected chi connectivity index (χ1v) is 6.75. The zero-order valence-corrected chi connectivity index (χ0v) is 12.2. The van der Waals surface area contributed by atoms with E-state index in [1.54, 1.807) is 19.2 Å². The lowest BCUT2D eigenvalue weighted by Crippen LogP contribution is -2.33. The van der Waals surface area contributed by atoms with Crippen LogP contribution in [0.25, 0.3) is 0 Å². The summed E-state index contributed by atoms with van der Waals surface area (Å²) in [4.78, 5) is 2.14. The standard InChI is InChI=1S/C15H24F2N2/c1-11(2)8-9-19(4)10-14(18-3)12-6-5-7-13(16)15(12)17/h5-7,11,14,18H,8-10H2,1-4H3. The van der Waals surface area contributed by atoms with E-state index in [1.165, 1.54) is 0 Å². The number of hydrogen-bond acceptors (Lipinski definition) is 2. The van der Waals surface area contributed by atoms with E-state index in [-0.39, 0.29) is 6.04 Å². The first-order valence-electron chi connectivity index (χ1n) is 6.75. The lowest BCUT2D eigenvalue weighted by atomic mass is 10.0. The van der Waals surface area contributed by atoms with Crippen LogP contribution in [0.15, 0.2) is 18.2 Å². The largest absolute Gasteiger partial charge is 0.312 e. The van der Waals surface area contributed by atoms with E-state index in [1.807, 2.05) is 7.05 Å². The van der Waals surface area contributed by atoms with Gasteiger partial charge in [-0.15, -0.1) is 0 Å². The maximum atomic E-state index is 13.8. The van der Waals surface area contributed by atoms with Crippen molar-refractivity contribution < 1.29 is 8.78 Å². The van der Waals surface area contributed by atoms with Crippen LogP contribution in [0.4, 0.5) is 8.78 Å². The Morgan fingerprint density at radius 2 is 1.95 bits per heavy atom. The van der Waals surface area contributed by atoms with Gasteiger partial charge in [0.2, 0.25) is 0 Å². The van der Waals surface area contributed by atoms with Crippen LogP contribution in [0.5, 0.6) is 0 Å². The molecule has 0 aliphatic carbocycles. The highest BCUT2D eigenvalue weighted by atomic mass is 19.2. The average molecular weight is 270 g/mol. The lowest BCUT2D eigenvalue weighted by Gasteiger charge is -2.25. The summed E-state index contributed by atoms with van der Waals surface area (Å²) in [5, 5.41) is 3.06. The molecule has 1 unspecified atom stereocenters. The number of nitrogens with one attached hydrogen (secondary N) is 1. The number of nitrogens with zero attached hydrogens (tertiary/aromatic N) is 1. The Morgan fingerprint density at radius 1 is 1.26 bits per heavy atom. The van der Waals surface area contributed by atoms with E-state index in [0.29, 0.717) is 18.0 Å².